The van der Waals surface area contributed by atoms with E-state index in [9.17, 15) is 9.59 Å². The van der Waals surface area contributed by atoms with Gasteiger partial charge in [-0.15, -0.1) is 0 Å². The Hall–Kier alpha value is -2.10. The van der Waals surface area contributed by atoms with Crippen molar-refractivity contribution in [1.82, 2.24) is 4.40 Å². The summed E-state index contributed by atoms with van der Waals surface area (Å²) in [5.41, 5.74) is 1.10. The van der Waals surface area contributed by atoms with Crippen molar-refractivity contribution in [2.45, 2.75) is 0 Å². The average molecular weight is 189 g/mol. The summed E-state index contributed by atoms with van der Waals surface area (Å²) in [7, 11) is 0. The highest BCUT2D eigenvalue weighted by Crippen LogP contribution is 2.14. The first-order valence-corrected chi connectivity index (χ1v) is 4.02. The van der Waals surface area contributed by atoms with Gasteiger partial charge in [0.2, 0.25) is 0 Å². The molecule has 0 saturated carbocycles. The molecule has 0 radical (unpaired) electrons. The summed E-state index contributed by atoms with van der Waals surface area (Å²) in [4.78, 5) is 21.5. The van der Waals surface area contributed by atoms with Crippen LogP contribution in [0.1, 0.15) is 20.8 Å². The summed E-state index contributed by atoms with van der Waals surface area (Å²) in [6, 6.07) is 6.54. The largest absolute Gasteiger partial charge is 0.477 e. The Morgan fingerprint density at radius 3 is 2.86 bits per heavy atom. The maximum atomic E-state index is 10.8. The zero-order valence-electron chi connectivity index (χ0n) is 7.18. The number of carboxylic acids is 1. The predicted molar refractivity (Wildman–Crippen MR) is 49.7 cm³/mol. The first-order chi connectivity index (χ1) is 6.74. The minimum Gasteiger partial charge on any atom is -0.477 e. The van der Waals surface area contributed by atoms with Crippen molar-refractivity contribution in [3.8, 4) is 0 Å². The number of carbonyl (C=O) groups excluding carboxylic acids is 1. The fourth-order valence-corrected chi connectivity index (χ4v) is 1.44. The molecular formula is C10H7NO3. The molecule has 0 aliphatic rings. The number of hydrogen-bond acceptors (Lipinski definition) is 2. The van der Waals surface area contributed by atoms with E-state index in [4.69, 9.17) is 5.11 Å². The Bertz CT molecular complexity index is 513. The number of aromatic nitrogens is 1. The lowest BCUT2D eigenvalue weighted by Gasteiger charge is -1.96. The van der Waals surface area contributed by atoms with Crippen LogP contribution >= 0.6 is 0 Å². The van der Waals surface area contributed by atoms with E-state index in [1.165, 1.54) is 10.5 Å². The van der Waals surface area contributed by atoms with Gasteiger partial charge in [0.15, 0.2) is 6.29 Å². The molecule has 4 heteroatoms. The first-order valence-electron chi connectivity index (χ1n) is 4.02. The van der Waals surface area contributed by atoms with Crippen molar-refractivity contribution >= 4 is 17.8 Å². The molecule has 0 saturated heterocycles. The molecule has 0 aliphatic carbocycles. The zero-order chi connectivity index (χ0) is 10.1. The lowest BCUT2D eigenvalue weighted by molar-refractivity contribution is 0.0689. The molecule has 2 heterocycles. The summed E-state index contributed by atoms with van der Waals surface area (Å²) in [5, 5.41) is 8.85. The lowest BCUT2D eigenvalue weighted by atomic mass is 10.3. The number of pyridine rings is 1. The minimum atomic E-state index is -1.04. The van der Waals surface area contributed by atoms with Gasteiger partial charge in [0.1, 0.15) is 5.69 Å². The minimum absolute atomic E-state index is 0.0997. The van der Waals surface area contributed by atoms with Gasteiger partial charge in [0.05, 0.1) is 5.52 Å². The molecular weight excluding hydrogens is 182 g/mol. The monoisotopic (exact) mass is 189 g/mol. The van der Waals surface area contributed by atoms with Crippen LogP contribution in [0, 0.1) is 0 Å². The number of nitrogens with zero attached hydrogens (tertiary/aromatic N) is 1. The maximum Gasteiger partial charge on any atom is 0.352 e. The number of carbonyl (C=O) groups is 2. The van der Waals surface area contributed by atoms with Gasteiger partial charge in [-0.05, 0) is 18.2 Å². The Balaban J connectivity index is 2.86. The third-order valence-corrected chi connectivity index (χ3v) is 2.05. The molecule has 70 valence electrons. The molecule has 4 nitrogen and oxygen atoms in total. The SMILES string of the molecule is O=Cc1cc(C(=O)O)n2ccccc12. The third-order valence-electron chi connectivity index (χ3n) is 2.05. The Morgan fingerprint density at radius 2 is 2.21 bits per heavy atom. The van der Waals surface area contributed by atoms with Gasteiger partial charge in [-0.25, -0.2) is 4.79 Å². The van der Waals surface area contributed by atoms with Crippen LogP contribution in [-0.2, 0) is 0 Å². The number of fused-ring (bicyclic) bond motifs is 1. The Kier molecular flexibility index (Phi) is 1.81. The summed E-state index contributed by atoms with van der Waals surface area (Å²) in [5.74, 6) is -1.04. The van der Waals surface area contributed by atoms with Crippen molar-refractivity contribution in [3.05, 3.63) is 41.7 Å². The van der Waals surface area contributed by atoms with Crippen molar-refractivity contribution < 1.29 is 14.7 Å². The highest BCUT2D eigenvalue weighted by Gasteiger charge is 2.12. The summed E-state index contributed by atoms with van der Waals surface area (Å²) < 4.78 is 1.48. The van der Waals surface area contributed by atoms with E-state index in [2.05, 4.69) is 0 Å². The van der Waals surface area contributed by atoms with Crippen LogP contribution in [0.5, 0.6) is 0 Å². The number of hydrogen-bond donors (Lipinski definition) is 1. The lowest BCUT2D eigenvalue weighted by Crippen LogP contribution is -2.00. The van der Waals surface area contributed by atoms with Gasteiger partial charge in [-0.3, -0.25) is 4.79 Å². The molecule has 1 N–H and O–H groups in total. The number of rotatable bonds is 2. The molecule has 0 aliphatic heterocycles. The third kappa shape index (κ3) is 1.08. The first kappa shape index (κ1) is 8.50. The van der Waals surface area contributed by atoms with E-state index in [-0.39, 0.29) is 5.69 Å². The van der Waals surface area contributed by atoms with Crippen LogP contribution in [0.4, 0.5) is 0 Å². The van der Waals surface area contributed by atoms with Gasteiger partial charge in [0, 0.05) is 11.8 Å². The van der Waals surface area contributed by atoms with Crippen molar-refractivity contribution in [2.75, 3.05) is 0 Å². The second-order valence-electron chi connectivity index (χ2n) is 2.86. The van der Waals surface area contributed by atoms with E-state index >= 15 is 0 Å². The van der Waals surface area contributed by atoms with Gasteiger partial charge in [0.25, 0.3) is 0 Å². The summed E-state index contributed by atoms with van der Waals surface area (Å²) in [6.45, 7) is 0. The normalized spacial score (nSPS) is 10.3. The molecule has 0 aromatic carbocycles. The second kappa shape index (κ2) is 2.99. The van der Waals surface area contributed by atoms with E-state index < -0.39 is 5.97 Å². The Morgan fingerprint density at radius 1 is 1.43 bits per heavy atom. The molecule has 0 fully saturated rings. The molecule has 0 amide bonds. The van der Waals surface area contributed by atoms with Gasteiger partial charge < -0.3 is 9.51 Å². The maximum absolute atomic E-state index is 10.8. The van der Waals surface area contributed by atoms with E-state index in [0.717, 1.165) is 0 Å². The highest BCUT2D eigenvalue weighted by atomic mass is 16.4. The van der Waals surface area contributed by atoms with Crippen LogP contribution in [0.25, 0.3) is 5.52 Å². The van der Waals surface area contributed by atoms with Crippen molar-refractivity contribution in [1.29, 1.82) is 0 Å². The van der Waals surface area contributed by atoms with Gasteiger partial charge in [-0.2, -0.15) is 0 Å². The molecule has 2 aromatic heterocycles. The fraction of sp³-hybridized carbons (Fsp3) is 0. The summed E-state index contributed by atoms with van der Waals surface area (Å²) in [6.07, 6.45) is 2.27. The number of carboxylic acid groups (broad SMARTS) is 1. The van der Waals surface area contributed by atoms with Crippen LogP contribution in [-0.4, -0.2) is 21.8 Å². The second-order valence-corrected chi connectivity index (χ2v) is 2.86. The van der Waals surface area contributed by atoms with E-state index in [1.807, 2.05) is 0 Å². The van der Waals surface area contributed by atoms with E-state index in [0.29, 0.717) is 17.4 Å². The number of aldehydes is 1. The molecule has 0 atom stereocenters. The van der Waals surface area contributed by atoms with Crippen molar-refractivity contribution in [3.63, 3.8) is 0 Å². The molecule has 2 aromatic rings. The molecule has 0 spiro atoms. The smallest absolute Gasteiger partial charge is 0.352 e. The van der Waals surface area contributed by atoms with Gasteiger partial charge in [-0.1, -0.05) is 6.07 Å². The zero-order valence-corrected chi connectivity index (χ0v) is 7.18. The molecule has 2 rings (SSSR count). The topological polar surface area (TPSA) is 58.8 Å². The standard InChI is InChI=1S/C10H7NO3/c12-6-7-5-9(10(13)14)11-4-2-1-3-8(7)11/h1-6H,(H,13,14). The summed E-state index contributed by atoms with van der Waals surface area (Å²) >= 11 is 0. The quantitative estimate of drug-likeness (QED) is 0.727. The molecule has 0 bridgehead atoms. The fourth-order valence-electron chi connectivity index (χ4n) is 1.44. The van der Waals surface area contributed by atoms with Crippen molar-refractivity contribution in [2.24, 2.45) is 0 Å². The molecule has 0 unspecified atom stereocenters. The Labute approximate surface area is 79.4 Å². The van der Waals surface area contributed by atoms with Crippen LogP contribution < -0.4 is 0 Å². The van der Waals surface area contributed by atoms with Gasteiger partial charge >= 0.3 is 5.97 Å². The average Bonchev–Trinajstić information content (AvgIpc) is 2.56. The number of aromatic carboxylic acids is 1. The van der Waals surface area contributed by atoms with Crippen LogP contribution in [0.2, 0.25) is 0 Å². The highest BCUT2D eigenvalue weighted by molar-refractivity contribution is 5.95. The van der Waals surface area contributed by atoms with Crippen LogP contribution in [0.3, 0.4) is 0 Å². The van der Waals surface area contributed by atoms with Crippen LogP contribution in [0.15, 0.2) is 30.5 Å². The van der Waals surface area contributed by atoms with E-state index in [1.54, 1.807) is 24.4 Å². The predicted octanol–water partition coefficient (Wildman–Crippen LogP) is 1.45. The molecule has 14 heavy (non-hydrogen) atoms.